The molecule has 0 saturated carbocycles. The van der Waals surface area contributed by atoms with Crippen LogP contribution in [0.25, 0.3) is 0 Å². The topological polar surface area (TPSA) is 72.8 Å². The number of likely N-dealkylation sites (tertiary alicyclic amines) is 1. The van der Waals surface area contributed by atoms with Crippen LogP contribution in [0.2, 0.25) is 0 Å². The molecule has 0 aromatic heterocycles. The minimum atomic E-state index is -0.763. The number of aliphatic hydroxyl groups excluding tert-OH is 2. The second kappa shape index (κ2) is 7.35. The van der Waals surface area contributed by atoms with Crippen LogP contribution in [-0.2, 0) is 4.79 Å². The number of aliphatic hydroxyl groups is 2. The molecule has 5 nitrogen and oxygen atoms in total. The normalized spacial score (nSPS) is 23.1. The Kier molecular flexibility index (Phi) is 6.29. The zero-order chi connectivity index (χ0) is 14.9. The molecule has 1 heterocycles. The Balaban J connectivity index is 1.99. The van der Waals surface area contributed by atoms with Gasteiger partial charge in [-0.25, -0.2) is 0 Å². The number of rotatable bonds is 3. The van der Waals surface area contributed by atoms with Crippen LogP contribution in [0.5, 0.6) is 0 Å². The van der Waals surface area contributed by atoms with Crippen molar-refractivity contribution < 1.29 is 15.0 Å². The zero-order valence-corrected chi connectivity index (χ0v) is 16.8. The number of hydrogen-bond acceptors (Lipinski definition) is 4. The minimum Gasteiger partial charge on any atom is -0.389 e. The Morgan fingerprint density at radius 2 is 1.70 bits per heavy atom. The summed E-state index contributed by atoms with van der Waals surface area (Å²) >= 11 is 6.64. The fourth-order valence-electron chi connectivity index (χ4n) is 2.02. The highest BCUT2D eigenvalue weighted by Crippen LogP contribution is 2.27. The standard InChI is InChI=1S/C12H13I3N2O3/c13-6-1-7(14)12(8(15)2-6)16-11(20)5-17-3-9(18)10(19)4-17/h1-2,9-10,18-19H,3-5H2,(H,16,20). The third-order valence-corrected chi connectivity index (χ3v) is 5.30. The number of nitrogens with one attached hydrogen (secondary N) is 1. The predicted molar refractivity (Wildman–Crippen MR) is 102 cm³/mol. The molecule has 0 bridgehead atoms. The second-order valence-corrected chi connectivity index (χ2v) is 8.19. The number of nitrogens with zero attached hydrogens (tertiary/aromatic N) is 1. The molecule has 1 aliphatic rings. The molecule has 1 saturated heterocycles. The van der Waals surface area contributed by atoms with Crippen LogP contribution in [0.4, 0.5) is 5.69 Å². The Morgan fingerprint density at radius 1 is 1.20 bits per heavy atom. The number of carbonyl (C=O) groups excluding carboxylic acids is 1. The van der Waals surface area contributed by atoms with Gasteiger partial charge in [-0.3, -0.25) is 9.69 Å². The van der Waals surface area contributed by atoms with Crippen LogP contribution < -0.4 is 5.32 Å². The van der Waals surface area contributed by atoms with Crippen molar-refractivity contribution in [2.45, 2.75) is 12.2 Å². The number of amides is 1. The second-order valence-electron chi connectivity index (χ2n) is 4.62. The van der Waals surface area contributed by atoms with Crippen LogP contribution in [0.3, 0.4) is 0 Å². The van der Waals surface area contributed by atoms with Gasteiger partial charge in [-0.1, -0.05) is 0 Å². The highest BCUT2D eigenvalue weighted by atomic mass is 127. The van der Waals surface area contributed by atoms with Crippen LogP contribution >= 0.6 is 67.8 Å². The number of carbonyl (C=O) groups is 1. The van der Waals surface area contributed by atoms with Gasteiger partial charge in [0.1, 0.15) is 0 Å². The molecule has 2 rings (SSSR count). The summed E-state index contributed by atoms with van der Waals surface area (Å²) in [6.07, 6.45) is -1.53. The van der Waals surface area contributed by atoms with Crippen molar-refractivity contribution in [2.75, 3.05) is 25.0 Å². The molecule has 0 radical (unpaired) electrons. The summed E-state index contributed by atoms with van der Waals surface area (Å²) in [5.74, 6) is -0.136. The van der Waals surface area contributed by atoms with Gasteiger partial charge in [0.2, 0.25) is 5.91 Å². The zero-order valence-electron chi connectivity index (χ0n) is 10.3. The lowest BCUT2D eigenvalue weighted by Gasteiger charge is -2.16. The third-order valence-electron chi connectivity index (χ3n) is 2.97. The first-order valence-electron chi connectivity index (χ1n) is 5.89. The number of hydrogen-bond donors (Lipinski definition) is 3. The molecule has 1 aliphatic heterocycles. The van der Waals surface area contributed by atoms with Gasteiger partial charge < -0.3 is 15.5 Å². The Hall–Kier alpha value is 0.760. The molecule has 0 spiro atoms. The van der Waals surface area contributed by atoms with Gasteiger partial charge in [-0.2, -0.15) is 0 Å². The molecule has 8 heteroatoms. The van der Waals surface area contributed by atoms with E-state index < -0.39 is 12.2 Å². The molecule has 0 aliphatic carbocycles. The van der Waals surface area contributed by atoms with E-state index in [1.807, 2.05) is 12.1 Å². The molecule has 110 valence electrons. The molecule has 2 unspecified atom stereocenters. The quantitative estimate of drug-likeness (QED) is 0.452. The highest BCUT2D eigenvalue weighted by molar-refractivity contribution is 14.1. The molecule has 1 fully saturated rings. The van der Waals surface area contributed by atoms with Gasteiger partial charge in [-0.05, 0) is 79.9 Å². The van der Waals surface area contributed by atoms with Crippen molar-refractivity contribution in [3.05, 3.63) is 22.8 Å². The number of halogens is 3. The Morgan fingerprint density at radius 3 is 2.20 bits per heavy atom. The fraction of sp³-hybridized carbons (Fsp3) is 0.417. The van der Waals surface area contributed by atoms with Gasteiger partial charge in [0, 0.05) is 23.8 Å². The lowest BCUT2D eigenvalue weighted by Crippen LogP contribution is -2.32. The molecule has 2 atom stereocenters. The molecule has 20 heavy (non-hydrogen) atoms. The number of anilines is 1. The third kappa shape index (κ3) is 4.38. The van der Waals surface area contributed by atoms with Crippen LogP contribution in [0, 0.1) is 10.7 Å². The van der Waals surface area contributed by atoms with Gasteiger partial charge in [0.25, 0.3) is 0 Å². The average Bonchev–Trinajstić information content (AvgIpc) is 2.63. The summed E-state index contributed by atoms with van der Waals surface area (Å²) in [5, 5.41) is 21.8. The van der Waals surface area contributed by atoms with E-state index in [1.54, 1.807) is 4.90 Å². The number of benzene rings is 1. The maximum absolute atomic E-state index is 12.0. The van der Waals surface area contributed by atoms with E-state index in [9.17, 15) is 15.0 Å². The first kappa shape index (κ1) is 17.1. The monoisotopic (exact) mass is 614 g/mol. The summed E-state index contributed by atoms with van der Waals surface area (Å²) in [4.78, 5) is 13.8. The Labute approximate surface area is 157 Å². The van der Waals surface area contributed by atoms with Crippen molar-refractivity contribution in [1.29, 1.82) is 0 Å². The first-order valence-corrected chi connectivity index (χ1v) is 9.13. The van der Waals surface area contributed by atoms with Crippen LogP contribution in [0.15, 0.2) is 12.1 Å². The summed E-state index contributed by atoms with van der Waals surface area (Å²) in [6, 6.07) is 4.00. The van der Waals surface area contributed by atoms with Gasteiger partial charge >= 0.3 is 0 Å². The van der Waals surface area contributed by atoms with E-state index in [1.165, 1.54) is 0 Å². The predicted octanol–water partition coefficient (Wildman–Crippen LogP) is 1.48. The molecular weight excluding hydrogens is 601 g/mol. The minimum absolute atomic E-state index is 0.136. The van der Waals surface area contributed by atoms with E-state index in [4.69, 9.17) is 0 Å². The largest absolute Gasteiger partial charge is 0.389 e. The molecule has 1 aromatic rings. The van der Waals surface area contributed by atoms with E-state index in [0.29, 0.717) is 13.1 Å². The van der Waals surface area contributed by atoms with Crippen molar-refractivity contribution in [3.8, 4) is 0 Å². The molecule has 1 aromatic carbocycles. The fourth-order valence-corrected chi connectivity index (χ4v) is 5.87. The summed E-state index contributed by atoms with van der Waals surface area (Å²) in [7, 11) is 0. The van der Waals surface area contributed by atoms with Crippen molar-refractivity contribution in [1.82, 2.24) is 4.90 Å². The maximum atomic E-state index is 12.0. The molecular formula is C12H13I3N2O3. The van der Waals surface area contributed by atoms with Crippen LogP contribution in [0.1, 0.15) is 0 Å². The summed E-state index contributed by atoms with van der Waals surface area (Å²) in [6.45, 7) is 0.831. The van der Waals surface area contributed by atoms with E-state index in [2.05, 4.69) is 73.1 Å². The van der Waals surface area contributed by atoms with Gasteiger partial charge in [0.05, 0.1) is 24.4 Å². The van der Waals surface area contributed by atoms with E-state index >= 15 is 0 Å². The Bertz CT molecular complexity index is 494. The van der Waals surface area contributed by atoms with Gasteiger partial charge in [0.15, 0.2) is 0 Å². The highest BCUT2D eigenvalue weighted by Gasteiger charge is 2.30. The average molecular weight is 614 g/mol. The summed E-state index contributed by atoms with van der Waals surface area (Å²) in [5.41, 5.74) is 0.817. The maximum Gasteiger partial charge on any atom is 0.238 e. The van der Waals surface area contributed by atoms with Crippen molar-refractivity contribution >= 4 is 79.4 Å². The smallest absolute Gasteiger partial charge is 0.238 e. The first-order chi connectivity index (χ1) is 9.36. The van der Waals surface area contributed by atoms with Crippen molar-refractivity contribution in [3.63, 3.8) is 0 Å². The van der Waals surface area contributed by atoms with E-state index in [-0.39, 0.29) is 12.5 Å². The van der Waals surface area contributed by atoms with Gasteiger partial charge in [-0.15, -0.1) is 0 Å². The number of β-amino-alcohol motifs (C(OH)–C–C–N with tert-alkyl or cyclic N) is 2. The van der Waals surface area contributed by atoms with Crippen molar-refractivity contribution in [2.24, 2.45) is 0 Å². The van der Waals surface area contributed by atoms with Crippen LogP contribution in [-0.4, -0.2) is 52.9 Å². The molecule has 1 amide bonds. The SMILES string of the molecule is O=C(CN1CC(O)C(O)C1)Nc1c(I)cc(I)cc1I. The summed E-state index contributed by atoms with van der Waals surface area (Å²) < 4.78 is 3.11. The van der Waals surface area contributed by atoms with E-state index in [0.717, 1.165) is 16.4 Å². The molecule has 3 N–H and O–H groups in total. The lowest BCUT2D eigenvalue weighted by molar-refractivity contribution is -0.117. The lowest BCUT2D eigenvalue weighted by atomic mass is 10.3.